The van der Waals surface area contributed by atoms with Gasteiger partial charge in [-0.1, -0.05) is 17.2 Å². The molecule has 2 heterocycles. The van der Waals surface area contributed by atoms with Crippen molar-refractivity contribution in [2.24, 2.45) is 0 Å². The molecule has 0 radical (unpaired) electrons. The van der Waals surface area contributed by atoms with E-state index < -0.39 is 5.91 Å². The van der Waals surface area contributed by atoms with Crippen molar-refractivity contribution >= 4 is 11.9 Å². The second-order valence-corrected chi connectivity index (χ2v) is 6.23. The van der Waals surface area contributed by atoms with E-state index in [2.05, 4.69) is 20.5 Å². The van der Waals surface area contributed by atoms with Gasteiger partial charge in [0, 0.05) is 23.4 Å². The van der Waals surface area contributed by atoms with Crippen molar-refractivity contribution in [2.75, 3.05) is 19.5 Å². The number of hydrogen-bond donors (Lipinski definition) is 1. The Bertz CT molecular complexity index is 1190. The Labute approximate surface area is 177 Å². The van der Waals surface area contributed by atoms with Gasteiger partial charge in [0.05, 0.1) is 14.2 Å². The predicted octanol–water partition coefficient (Wildman–Crippen LogP) is 4.19. The van der Waals surface area contributed by atoms with Crippen LogP contribution in [0.1, 0.15) is 10.4 Å². The summed E-state index contributed by atoms with van der Waals surface area (Å²) in [5.41, 5.74) is 0.982. The topological polar surface area (TPSA) is 109 Å². The number of pyridine rings is 1. The number of carbonyl (C=O) groups excluding carboxylic acids is 1. The van der Waals surface area contributed by atoms with Crippen molar-refractivity contribution in [1.29, 1.82) is 0 Å². The van der Waals surface area contributed by atoms with Gasteiger partial charge in [-0.25, -0.2) is 4.98 Å². The zero-order valence-electron chi connectivity index (χ0n) is 16.7. The third kappa shape index (κ3) is 4.61. The van der Waals surface area contributed by atoms with Gasteiger partial charge in [0.15, 0.2) is 11.5 Å². The van der Waals surface area contributed by atoms with Crippen LogP contribution in [0.4, 0.5) is 6.01 Å². The van der Waals surface area contributed by atoms with Crippen LogP contribution in [0.25, 0.3) is 11.5 Å². The second-order valence-electron chi connectivity index (χ2n) is 6.23. The fourth-order valence-corrected chi connectivity index (χ4v) is 2.76. The number of carbonyl (C=O) groups is 1. The number of nitrogens with zero attached hydrogens (tertiary/aromatic N) is 3. The van der Waals surface area contributed by atoms with E-state index in [1.807, 2.05) is 6.07 Å². The Kier molecular flexibility index (Phi) is 5.75. The molecule has 1 N–H and O–H groups in total. The maximum atomic E-state index is 12.6. The standard InChI is InChI=1S/C22H18N4O5/c1-28-17-10-9-15(13-18(17)29-2)21-25-26-22(31-21)24-20(27)14-6-5-7-16(12-14)30-19-8-3-4-11-23-19/h3-13H,1-2H3,(H,24,26,27). The maximum Gasteiger partial charge on any atom is 0.322 e. The van der Waals surface area contributed by atoms with Gasteiger partial charge in [-0.05, 0) is 42.5 Å². The molecule has 0 bridgehead atoms. The monoisotopic (exact) mass is 418 g/mol. The maximum absolute atomic E-state index is 12.6. The smallest absolute Gasteiger partial charge is 0.322 e. The molecule has 0 spiro atoms. The minimum Gasteiger partial charge on any atom is -0.493 e. The van der Waals surface area contributed by atoms with E-state index in [0.717, 1.165) is 0 Å². The molecule has 31 heavy (non-hydrogen) atoms. The van der Waals surface area contributed by atoms with Gasteiger partial charge in [-0.3, -0.25) is 10.1 Å². The number of nitrogens with one attached hydrogen (secondary N) is 1. The number of rotatable bonds is 7. The first-order valence-electron chi connectivity index (χ1n) is 9.22. The summed E-state index contributed by atoms with van der Waals surface area (Å²) in [5, 5.41) is 10.4. The number of ether oxygens (including phenoxy) is 3. The molecule has 0 atom stereocenters. The molecule has 0 fully saturated rings. The lowest BCUT2D eigenvalue weighted by molar-refractivity contribution is 0.102. The van der Waals surface area contributed by atoms with E-state index in [4.69, 9.17) is 18.6 Å². The molecule has 0 aliphatic rings. The summed E-state index contributed by atoms with van der Waals surface area (Å²) < 4.78 is 21.7. The highest BCUT2D eigenvalue weighted by atomic mass is 16.5. The van der Waals surface area contributed by atoms with E-state index in [1.165, 1.54) is 7.11 Å². The largest absolute Gasteiger partial charge is 0.493 e. The Morgan fingerprint density at radius 1 is 0.935 bits per heavy atom. The highest BCUT2D eigenvalue weighted by Gasteiger charge is 2.15. The van der Waals surface area contributed by atoms with Gasteiger partial charge in [0.25, 0.3) is 5.91 Å². The van der Waals surface area contributed by atoms with Crippen molar-refractivity contribution in [3.05, 3.63) is 72.4 Å². The molecule has 156 valence electrons. The Morgan fingerprint density at radius 2 is 1.81 bits per heavy atom. The first-order chi connectivity index (χ1) is 15.2. The van der Waals surface area contributed by atoms with Crippen LogP contribution in [0.15, 0.2) is 71.3 Å². The lowest BCUT2D eigenvalue weighted by atomic mass is 10.2. The molecular formula is C22H18N4O5. The van der Waals surface area contributed by atoms with E-state index in [0.29, 0.717) is 34.3 Å². The quantitative estimate of drug-likeness (QED) is 0.476. The lowest BCUT2D eigenvalue weighted by Crippen LogP contribution is -2.12. The first-order valence-corrected chi connectivity index (χ1v) is 9.22. The van der Waals surface area contributed by atoms with Gasteiger partial charge in [-0.15, -0.1) is 5.10 Å². The zero-order valence-corrected chi connectivity index (χ0v) is 16.7. The van der Waals surface area contributed by atoms with E-state index >= 15 is 0 Å². The number of aromatic nitrogens is 3. The third-order valence-electron chi connectivity index (χ3n) is 4.23. The van der Waals surface area contributed by atoms with E-state index in [9.17, 15) is 4.79 Å². The fraction of sp³-hybridized carbons (Fsp3) is 0.0909. The van der Waals surface area contributed by atoms with Crippen LogP contribution in [0, 0.1) is 0 Å². The molecule has 0 aliphatic heterocycles. The summed E-state index contributed by atoms with van der Waals surface area (Å²) in [5.74, 6) is 1.80. The van der Waals surface area contributed by atoms with Crippen LogP contribution in [0.5, 0.6) is 23.1 Å². The summed E-state index contributed by atoms with van der Waals surface area (Å²) >= 11 is 0. The van der Waals surface area contributed by atoms with Crippen molar-refractivity contribution in [3.63, 3.8) is 0 Å². The van der Waals surface area contributed by atoms with E-state index in [1.54, 1.807) is 67.9 Å². The van der Waals surface area contributed by atoms with Crippen molar-refractivity contribution < 1.29 is 23.4 Å². The average Bonchev–Trinajstić information content (AvgIpc) is 3.28. The molecule has 4 rings (SSSR count). The van der Waals surface area contributed by atoms with Crippen molar-refractivity contribution in [1.82, 2.24) is 15.2 Å². The van der Waals surface area contributed by atoms with Gasteiger partial charge >= 0.3 is 6.01 Å². The van der Waals surface area contributed by atoms with Crippen LogP contribution < -0.4 is 19.5 Å². The zero-order chi connectivity index (χ0) is 21.6. The molecule has 0 aliphatic carbocycles. The van der Waals surface area contributed by atoms with Gasteiger partial charge in [0.1, 0.15) is 5.75 Å². The predicted molar refractivity (Wildman–Crippen MR) is 112 cm³/mol. The molecule has 0 saturated heterocycles. The average molecular weight is 418 g/mol. The summed E-state index contributed by atoms with van der Waals surface area (Å²) in [6, 6.07) is 17.1. The Balaban J connectivity index is 1.48. The summed E-state index contributed by atoms with van der Waals surface area (Å²) in [6.07, 6.45) is 1.62. The molecule has 1 amide bonds. The van der Waals surface area contributed by atoms with Crippen LogP contribution in [-0.2, 0) is 0 Å². The second kappa shape index (κ2) is 8.95. The van der Waals surface area contributed by atoms with Crippen LogP contribution in [-0.4, -0.2) is 35.3 Å². The van der Waals surface area contributed by atoms with Crippen LogP contribution >= 0.6 is 0 Å². The third-order valence-corrected chi connectivity index (χ3v) is 4.23. The first kappa shape index (κ1) is 19.9. The number of anilines is 1. The van der Waals surface area contributed by atoms with Gasteiger partial charge in [0.2, 0.25) is 11.8 Å². The number of benzene rings is 2. The molecular weight excluding hydrogens is 400 g/mol. The molecule has 2 aromatic carbocycles. The lowest BCUT2D eigenvalue weighted by Gasteiger charge is -2.07. The molecule has 2 aromatic heterocycles. The highest BCUT2D eigenvalue weighted by molar-refractivity contribution is 6.03. The minimum absolute atomic E-state index is 0.0363. The summed E-state index contributed by atoms with van der Waals surface area (Å²) in [4.78, 5) is 16.7. The molecule has 0 saturated carbocycles. The normalized spacial score (nSPS) is 10.4. The molecule has 0 unspecified atom stereocenters. The summed E-state index contributed by atoms with van der Waals surface area (Å²) in [7, 11) is 3.08. The van der Waals surface area contributed by atoms with E-state index in [-0.39, 0.29) is 11.9 Å². The Morgan fingerprint density at radius 3 is 2.58 bits per heavy atom. The SMILES string of the molecule is COc1ccc(-c2nnc(NC(=O)c3cccc(Oc4ccccn4)c3)o2)cc1OC. The van der Waals surface area contributed by atoms with Crippen molar-refractivity contribution in [3.8, 4) is 34.6 Å². The molecule has 9 heteroatoms. The van der Waals surface area contributed by atoms with Gasteiger partial charge < -0.3 is 18.6 Å². The molecule has 9 nitrogen and oxygen atoms in total. The number of methoxy groups -OCH3 is 2. The van der Waals surface area contributed by atoms with Gasteiger partial charge in [-0.2, -0.15) is 0 Å². The number of amides is 1. The highest BCUT2D eigenvalue weighted by Crippen LogP contribution is 2.32. The fourth-order valence-electron chi connectivity index (χ4n) is 2.76. The Hall–Kier alpha value is -4.40. The summed E-state index contributed by atoms with van der Waals surface area (Å²) in [6.45, 7) is 0. The minimum atomic E-state index is -0.422. The molecule has 4 aromatic rings. The van der Waals surface area contributed by atoms with Crippen LogP contribution in [0.2, 0.25) is 0 Å². The van der Waals surface area contributed by atoms with Crippen LogP contribution in [0.3, 0.4) is 0 Å². The number of hydrogen-bond acceptors (Lipinski definition) is 8. The van der Waals surface area contributed by atoms with Crippen molar-refractivity contribution in [2.45, 2.75) is 0 Å².